The molecular weight excluding hydrogens is 231 g/mol. The van der Waals surface area contributed by atoms with E-state index < -0.39 is 0 Å². The Morgan fingerprint density at radius 2 is 1.93 bits per heavy atom. The average Bonchev–Trinajstić information content (AvgIpc) is 2.22. The number of halogens is 2. The van der Waals surface area contributed by atoms with Gasteiger partial charge in [0.05, 0.1) is 15.7 Å². The van der Waals surface area contributed by atoms with Crippen LogP contribution in [0.2, 0.25) is 10.0 Å². The largest absolute Gasteiger partial charge is 0.242 e. The molecule has 0 atom stereocenters. The quantitative estimate of drug-likeness (QED) is 0.757. The molecule has 1 heterocycles. The second-order valence-electron chi connectivity index (χ2n) is 3.15. The van der Waals surface area contributed by atoms with Gasteiger partial charge in [0.15, 0.2) is 0 Å². The highest BCUT2D eigenvalue weighted by Crippen LogP contribution is 2.32. The van der Waals surface area contributed by atoms with Crippen LogP contribution in [0.4, 0.5) is 0 Å². The third-order valence-corrected chi connectivity index (χ3v) is 2.85. The van der Waals surface area contributed by atoms with Crippen molar-refractivity contribution in [2.24, 2.45) is 0 Å². The Morgan fingerprint density at radius 3 is 2.67 bits per heavy atom. The molecule has 2 aromatic rings. The third-order valence-electron chi connectivity index (χ3n) is 2.03. The molecule has 0 bridgehead atoms. The number of aromatic nitrogens is 2. The SMILES string of the molecule is Cc1cc(-c2cccc(Cl)c2Cl)ncn1. The van der Waals surface area contributed by atoms with Crippen LogP contribution in [0.5, 0.6) is 0 Å². The zero-order valence-electron chi connectivity index (χ0n) is 8.04. The van der Waals surface area contributed by atoms with Gasteiger partial charge in [-0.3, -0.25) is 0 Å². The highest BCUT2D eigenvalue weighted by Gasteiger charge is 2.07. The number of aryl methyl sites for hydroxylation is 1. The summed E-state index contributed by atoms with van der Waals surface area (Å²) in [5.74, 6) is 0. The van der Waals surface area contributed by atoms with Crippen LogP contribution >= 0.6 is 23.2 Å². The molecule has 15 heavy (non-hydrogen) atoms. The molecule has 4 heteroatoms. The van der Waals surface area contributed by atoms with Crippen molar-refractivity contribution >= 4 is 23.2 Å². The topological polar surface area (TPSA) is 25.8 Å². The Morgan fingerprint density at radius 1 is 1.13 bits per heavy atom. The maximum absolute atomic E-state index is 6.09. The molecule has 0 aliphatic rings. The molecule has 0 fully saturated rings. The number of nitrogens with zero attached hydrogens (tertiary/aromatic N) is 2. The lowest BCUT2D eigenvalue weighted by atomic mass is 10.1. The molecule has 2 nitrogen and oxygen atoms in total. The Hall–Kier alpha value is -1.12. The first-order chi connectivity index (χ1) is 7.18. The van der Waals surface area contributed by atoms with Gasteiger partial charge in [-0.15, -0.1) is 0 Å². The second kappa shape index (κ2) is 4.17. The molecule has 0 radical (unpaired) electrons. The van der Waals surface area contributed by atoms with E-state index in [0.717, 1.165) is 17.0 Å². The summed E-state index contributed by atoms with van der Waals surface area (Å²) in [5.41, 5.74) is 2.51. The van der Waals surface area contributed by atoms with E-state index in [0.29, 0.717) is 10.0 Å². The molecule has 0 aliphatic heterocycles. The fourth-order valence-electron chi connectivity index (χ4n) is 1.30. The summed E-state index contributed by atoms with van der Waals surface area (Å²) >= 11 is 12.0. The van der Waals surface area contributed by atoms with E-state index >= 15 is 0 Å². The van der Waals surface area contributed by atoms with Gasteiger partial charge in [-0.25, -0.2) is 9.97 Å². The molecule has 2 rings (SSSR count). The highest BCUT2D eigenvalue weighted by atomic mass is 35.5. The van der Waals surface area contributed by atoms with Gasteiger partial charge in [0.25, 0.3) is 0 Å². The summed E-state index contributed by atoms with van der Waals surface area (Å²) in [6.45, 7) is 1.91. The zero-order valence-corrected chi connectivity index (χ0v) is 9.55. The molecule has 0 spiro atoms. The first kappa shape index (κ1) is 10.4. The van der Waals surface area contributed by atoms with E-state index in [1.807, 2.05) is 25.1 Å². The number of benzene rings is 1. The smallest absolute Gasteiger partial charge is 0.116 e. The van der Waals surface area contributed by atoms with E-state index in [-0.39, 0.29) is 0 Å². The summed E-state index contributed by atoms with van der Waals surface area (Å²) in [6.07, 6.45) is 1.52. The summed E-state index contributed by atoms with van der Waals surface area (Å²) in [6, 6.07) is 7.36. The number of hydrogen-bond donors (Lipinski definition) is 0. The monoisotopic (exact) mass is 238 g/mol. The first-order valence-electron chi connectivity index (χ1n) is 4.41. The molecular formula is C11H8Cl2N2. The van der Waals surface area contributed by atoms with Crippen LogP contribution < -0.4 is 0 Å². The van der Waals surface area contributed by atoms with Crippen molar-refractivity contribution in [2.75, 3.05) is 0 Å². The van der Waals surface area contributed by atoms with Gasteiger partial charge < -0.3 is 0 Å². The van der Waals surface area contributed by atoms with Crippen molar-refractivity contribution in [3.63, 3.8) is 0 Å². The molecule has 1 aromatic heterocycles. The highest BCUT2D eigenvalue weighted by molar-refractivity contribution is 6.43. The van der Waals surface area contributed by atoms with Gasteiger partial charge >= 0.3 is 0 Å². The lowest BCUT2D eigenvalue weighted by Crippen LogP contribution is -1.88. The number of hydrogen-bond acceptors (Lipinski definition) is 2. The first-order valence-corrected chi connectivity index (χ1v) is 5.17. The molecule has 0 N–H and O–H groups in total. The van der Waals surface area contributed by atoms with Gasteiger partial charge in [-0.1, -0.05) is 35.3 Å². The minimum absolute atomic E-state index is 0.525. The van der Waals surface area contributed by atoms with E-state index in [1.54, 1.807) is 6.07 Å². The maximum Gasteiger partial charge on any atom is 0.116 e. The van der Waals surface area contributed by atoms with Crippen molar-refractivity contribution in [1.82, 2.24) is 9.97 Å². The fraction of sp³-hybridized carbons (Fsp3) is 0.0909. The molecule has 0 amide bonds. The van der Waals surface area contributed by atoms with Crippen molar-refractivity contribution in [1.29, 1.82) is 0 Å². The van der Waals surface area contributed by atoms with Gasteiger partial charge in [-0.05, 0) is 19.1 Å². The minimum Gasteiger partial charge on any atom is -0.242 e. The van der Waals surface area contributed by atoms with E-state index in [4.69, 9.17) is 23.2 Å². The van der Waals surface area contributed by atoms with Crippen molar-refractivity contribution in [3.8, 4) is 11.3 Å². The van der Waals surface area contributed by atoms with Gasteiger partial charge in [-0.2, -0.15) is 0 Å². The predicted octanol–water partition coefficient (Wildman–Crippen LogP) is 3.76. The summed E-state index contributed by atoms with van der Waals surface area (Å²) in [5, 5.41) is 1.06. The molecule has 0 saturated heterocycles. The van der Waals surface area contributed by atoms with Crippen LogP contribution in [0.3, 0.4) is 0 Å². The van der Waals surface area contributed by atoms with E-state index in [9.17, 15) is 0 Å². The summed E-state index contributed by atoms with van der Waals surface area (Å²) < 4.78 is 0. The second-order valence-corrected chi connectivity index (χ2v) is 3.93. The third kappa shape index (κ3) is 2.11. The van der Waals surface area contributed by atoms with Gasteiger partial charge in [0.2, 0.25) is 0 Å². The maximum atomic E-state index is 6.09. The van der Waals surface area contributed by atoms with Crippen LogP contribution in [0.25, 0.3) is 11.3 Å². The molecule has 0 aliphatic carbocycles. The Bertz CT molecular complexity index is 498. The zero-order chi connectivity index (χ0) is 10.8. The lowest BCUT2D eigenvalue weighted by molar-refractivity contribution is 1.11. The van der Waals surface area contributed by atoms with Gasteiger partial charge in [0.1, 0.15) is 6.33 Å². The standard InChI is InChI=1S/C11H8Cl2N2/c1-7-5-10(15-6-14-7)8-3-2-4-9(12)11(8)13/h2-6H,1H3. The number of rotatable bonds is 1. The van der Waals surface area contributed by atoms with Gasteiger partial charge in [0, 0.05) is 11.3 Å². The average molecular weight is 239 g/mol. The van der Waals surface area contributed by atoms with Crippen molar-refractivity contribution < 1.29 is 0 Å². The Balaban J connectivity index is 2.59. The Labute approximate surface area is 97.9 Å². The van der Waals surface area contributed by atoms with Crippen LogP contribution in [0.1, 0.15) is 5.69 Å². The molecule has 0 unspecified atom stereocenters. The molecule has 76 valence electrons. The fourth-order valence-corrected chi connectivity index (χ4v) is 1.70. The molecule has 1 aromatic carbocycles. The normalized spacial score (nSPS) is 10.3. The van der Waals surface area contributed by atoms with E-state index in [1.165, 1.54) is 6.33 Å². The van der Waals surface area contributed by atoms with Crippen LogP contribution in [0.15, 0.2) is 30.6 Å². The summed E-state index contributed by atoms with van der Waals surface area (Å²) in [4.78, 5) is 8.19. The van der Waals surface area contributed by atoms with E-state index in [2.05, 4.69) is 9.97 Å². The summed E-state index contributed by atoms with van der Waals surface area (Å²) in [7, 11) is 0. The Kier molecular flexibility index (Phi) is 2.89. The minimum atomic E-state index is 0.525. The van der Waals surface area contributed by atoms with Crippen molar-refractivity contribution in [3.05, 3.63) is 46.3 Å². The van der Waals surface area contributed by atoms with Crippen LogP contribution in [-0.2, 0) is 0 Å². The molecule has 0 saturated carbocycles. The predicted molar refractivity (Wildman–Crippen MR) is 62.2 cm³/mol. The van der Waals surface area contributed by atoms with Crippen molar-refractivity contribution in [2.45, 2.75) is 6.92 Å². The van der Waals surface area contributed by atoms with Crippen LogP contribution in [-0.4, -0.2) is 9.97 Å². The lowest BCUT2D eigenvalue weighted by Gasteiger charge is -2.04. The van der Waals surface area contributed by atoms with Crippen LogP contribution in [0, 0.1) is 6.92 Å².